The molecule has 1 nitrogen and oxygen atoms in total. The molecule has 2 aromatic rings. The Morgan fingerprint density at radius 2 is 1.83 bits per heavy atom. The normalized spacial score (nSPS) is 12.7. The van der Waals surface area contributed by atoms with Crippen molar-refractivity contribution in [3.8, 4) is 0 Å². The second kappa shape index (κ2) is 5.87. The largest absolute Gasteiger partial charge is 0.387 e. The lowest BCUT2D eigenvalue weighted by atomic mass is 9.97. The number of aryl methyl sites for hydroxylation is 2. The van der Waals surface area contributed by atoms with E-state index in [1.807, 2.05) is 6.07 Å². The molecule has 1 N–H and O–H groups in total. The molecule has 96 valence electrons. The molecule has 1 aromatic carbocycles. The predicted octanol–water partition coefficient (Wildman–Crippen LogP) is 5.17. The molecule has 0 saturated carbocycles. The van der Waals surface area contributed by atoms with Crippen LogP contribution in [0.25, 0.3) is 0 Å². The summed E-state index contributed by atoms with van der Waals surface area (Å²) in [6.07, 6.45) is 0.218. The van der Waals surface area contributed by atoms with E-state index in [1.165, 1.54) is 16.7 Å². The lowest BCUT2D eigenvalue weighted by molar-refractivity contribution is 0.182. The van der Waals surface area contributed by atoms with E-state index in [2.05, 4.69) is 63.9 Å². The van der Waals surface area contributed by atoms with Crippen LogP contribution in [-0.2, 0) is 6.42 Å². The van der Waals surface area contributed by atoms with Crippen LogP contribution in [0.2, 0.25) is 0 Å². The number of aliphatic hydroxyl groups is 1. The maximum Gasteiger partial charge on any atom is 0.0923 e. The Balaban J connectivity index is 2.23. The van der Waals surface area contributed by atoms with Gasteiger partial charge in [0.2, 0.25) is 0 Å². The Morgan fingerprint density at radius 1 is 1.22 bits per heavy atom. The summed E-state index contributed by atoms with van der Waals surface area (Å²) in [5.41, 5.74) is 3.72. The highest BCUT2D eigenvalue weighted by atomic mass is 79.9. The maximum absolute atomic E-state index is 10.3. The van der Waals surface area contributed by atoms with E-state index in [0.29, 0.717) is 6.42 Å². The van der Waals surface area contributed by atoms with Crippen molar-refractivity contribution >= 4 is 43.2 Å². The van der Waals surface area contributed by atoms with Gasteiger partial charge in [0, 0.05) is 15.8 Å². The third-order valence-electron chi connectivity index (χ3n) is 3.03. The van der Waals surface area contributed by atoms with Gasteiger partial charge in [-0.1, -0.05) is 18.2 Å². The van der Waals surface area contributed by atoms with Gasteiger partial charge in [-0.05, 0) is 68.5 Å². The molecule has 0 aliphatic carbocycles. The molecule has 0 amide bonds. The molecule has 0 radical (unpaired) electrons. The summed E-state index contributed by atoms with van der Waals surface area (Å²) in [6.45, 7) is 4.19. The zero-order chi connectivity index (χ0) is 13.3. The minimum Gasteiger partial charge on any atom is -0.387 e. The predicted molar refractivity (Wildman–Crippen MR) is 84.3 cm³/mol. The number of benzene rings is 1. The van der Waals surface area contributed by atoms with Gasteiger partial charge < -0.3 is 5.11 Å². The first kappa shape index (κ1) is 14.3. The first-order valence-corrected chi connectivity index (χ1v) is 8.07. The van der Waals surface area contributed by atoms with Crippen LogP contribution in [0.3, 0.4) is 0 Å². The Kier molecular flexibility index (Phi) is 4.64. The minimum absolute atomic E-state index is 0.447. The molecule has 0 bridgehead atoms. The van der Waals surface area contributed by atoms with Gasteiger partial charge in [0.25, 0.3) is 0 Å². The van der Waals surface area contributed by atoms with Crippen molar-refractivity contribution in [1.29, 1.82) is 0 Å². The molecule has 1 aromatic heterocycles. The van der Waals surface area contributed by atoms with E-state index in [-0.39, 0.29) is 0 Å². The Bertz CT molecular complexity index is 523. The zero-order valence-electron chi connectivity index (χ0n) is 10.2. The number of hydrogen-bond acceptors (Lipinski definition) is 2. The van der Waals surface area contributed by atoms with Gasteiger partial charge in [-0.2, -0.15) is 0 Å². The van der Waals surface area contributed by atoms with Crippen molar-refractivity contribution in [2.75, 3.05) is 0 Å². The monoisotopic (exact) mass is 388 g/mol. The van der Waals surface area contributed by atoms with Crippen LogP contribution in [0, 0.1) is 13.8 Å². The molecule has 0 spiro atoms. The average Bonchev–Trinajstić information content (AvgIpc) is 2.64. The SMILES string of the molecule is Cc1cccc(C)c1CC(O)c1cc(Br)c(Br)s1. The fourth-order valence-electron chi connectivity index (χ4n) is 1.99. The first-order chi connectivity index (χ1) is 8.49. The summed E-state index contributed by atoms with van der Waals surface area (Å²) in [7, 11) is 0. The highest BCUT2D eigenvalue weighted by molar-refractivity contribution is 9.13. The van der Waals surface area contributed by atoms with E-state index in [9.17, 15) is 5.11 Å². The number of thiophene rings is 1. The van der Waals surface area contributed by atoms with Gasteiger partial charge in [0.05, 0.1) is 9.89 Å². The summed E-state index contributed by atoms with van der Waals surface area (Å²) < 4.78 is 2.03. The lowest BCUT2D eigenvalue weighted by Gasteiger charge is -2.13. The fourth-order valence-corrected chi connectivity index (χ4v) is 4.07. The van der Waals surface area contributed by atoms with E-state index >= 15 is 0 Å². The summed E-state index contributed by atoms with van der Waals surface area (Å²) in [6, 6.07) is 8.22. The van der Waals surface area contributed by atoms with Crippen molar-refractivity contribution in [1.82, 2.24) is 0 Å². The molecular weight excluding hydrogens is 376 g/mol. The molecule has 0 saturated heterocycles. The molecule has 4 heteroatoms. The highest BCUT2D eigenvalue weighted by Gasteiger charge is 2.15. The van der Waals surface area contributed by atoms with Crippen LogP contribution < -0.4 is 0 Å². The average molecular weight is 390 g/mol. The van der Waals surface area contributed by atoms with E-state index in [1.54, 1.807) is 11.3 Å². The summed E-state index contributed by atoms with van der Waals surface area (Å²) in [4.78, 5) is 0.983. The Morgan fingerprint density at radius 3 is 2.33 bits per heavy atom. The molecule has 1 atom stereocenters. The number of rotatable bonds is 3. The lowest BCUT2D eigenvalue weighted by Crippen LogP contribution is -2.03. The van der Waals surface area contributed by atoms with Gasteiger partial charge in [-0.3, -0.25) is 0 Å². The van der Waals surface area contributed by atoms with Crippen LogP contribution >= 0.6 is 43.2 Å². The molecular formula is C14H14Br2OS. The highest BCUT2D eigenvalue weighted by Crippen LogP contribution is 2.36. The third kappa shape index (κ3) is 3.05. The van der Waals surface area contributed by atoms with Crippen LogP contribution in [-0.4, -0.2) is 5.11 Å². The minimum atomic E-state index is -0.447. The molecule has 18 heavy (non-hydrogen) atoms. The summed E-state index contributed by atoms with van der Waals surface area (Å²) in [5, 5.41) is 10.3. The van der Waals surface area contributed by atoms with E-state index in [0.717, 1.165) is 13.1 Å². The van der Waals surface area contributed by atoms with Gasteiger partial charge in [-0.15, -0.1) is 11.3 Å². The van der Waals surface area contributed by atoms with Gasteiger partial charge in [-0.25, -0.2) is 0 Å². The molecule has 0 aliphatic rings. The number of halogens is 2. The Labute approximate surface area is 128 Å². The topological polar surface area (TPSA) is 20.2 Å². The molecule has 1 unspecified atom stereocenters. The molecule has 1 heterocycles. The van der Waals surface area contributed by atoms with Gasteiger partial charge >= 0.3 is 0 Å². The van der Waals surface area contributed by atoms with Crippen LogP contribution in [0.15, 0.2) is 32.5 Å². The standard InChI is InChI=1S/C14H14Br2OS/c1-8-4-3-5-9(2)10(8)6-12(17)13-7-11(15)14(16)18-13/h3-5,7,12,17H,6H2,1-2H3. The van der Waals surface area contributed by atoms with E-state index in [4.69, 9.17) is 0 Å². The second-order valence-corrected chi connectivity index (χ2v) is 7.62. The van der Waals surface area contributed by atoms with Crippen LogP contribution in [0.5, 0.6) is 0 Å². The zero-order valence-corrected chi connectivity index (χ0v) is 14.2. The first-order valence-electron chi connectivity index (χ1n) is 5.67. The maximum atomic E-state index is 10.3. The Hall–Kier alpha value is -0.160. The summed E-state index contributed by atoms with van der Waals surface area (Å²) >= 11 is 8.48. The van der Waals surface area contributed by atoms with Crippen LogP contribution in [0.4, 0.5) is 0 Å². The van der Waals surface area contributed by atoms with Crippen LogP contribution in [0.1, 0.15) is 27.7 Å². The van der Waals surface area contributed by atoms with Crippen molar-refractivity contribution in [3.05, 3.63) is 54.1 Å². The van der Waals surface area contributed by atoms with Crippen molar-refractivity contribution < 1.29 is 5.11 Å². The summed E-state index contributed by atoms with van der Waals surface area (Å²) in [5.74, 6) is 0. The quantitative estimate of drug-likeness (QED) is 0.767. The molecule has 2 rings (SSSR count). The second-order valence-electron chi connectivity index (χ2n) is 4.36. The van der Waals surface area contributed by atoms with Crippen molar-refractivity contribution in [3.63, 3.8) is 0 Å². The smallest absolute Gasteiger partial charge is 0.0923 e. The van der Waals surface area contributed by atoms with Gasteiger partial charge in [0.1, 0.15) is 0 Å². The van der Waals surface area contributed by atoms with Gasteiger partial charge in [0.15, 0.2) is 0 Å². The number of hydrogen-bond donors (Lipinski definition) is 1. The number of aliphatic hydroxyl groups excluding tert-OH is 1. The van der Waals surface area contributed by atoms with Crippen molar-refractivity contribution in [2.24, 2.45) is 0 Å². The van der Waals surface area contributed by atoms with E-state index < -0.39 is 6.10 Å². The molecule has 0 aliphatic heterocycles. The molecule has 0 fully saturated rings. The fraction of sp³-hybridized carbons (Fsp3) is 0.286. The third-order valence-corrected chi connectivity index (χ3v) is 6.39. The van der Waals surface area contributed by atoms with Crippen molar-refractivity contribution in [2.45, 2.75) is 26.4 Å².